The second-order valence-electron chi connectivity index (χ2n) is 7.21. The minimum Gasteiger partial charge on any atom is -0.484 e. The summed E-state index contributed by atoms with van der Waals surface area (Å²) in [5, 5.41) is 0.976. The van der Waals surface area contributed by atoms with Gasteiger partial charge in [-0.1, -0.05) is 29.8 Å². The quantitative estimate of drug-likeness (QED) is 0.472. The smallest absolute Gasteiger partial charge is 0.261 e. The van der Waals surface area contributed by atoms with E-state index in [1.165, 1.54) is 4.57 Å². The molecule has 0 aliphatic carbocycles. The highest BCUT2D eigenvalue weighted by molar-refractivity contribution is 6.31. The Balaban J connectivity index is 1.90. The van der Waals surface area contributed by atoms with Gasteiger partial charge in [0.05, 0.1) is 16.9 Å². The number of amides is 1. The van der Waals surface area contributed by atoms with Gasteiger partial charge in [0.2, 0.25) is 0 Å². The third-order valence-corrected chi connectivity index (χ3v) is 5.32. The number of carbonyl (C=O) groups is 1. The number of fused-ring (bicyclic) bond motifs is 1. The number of ether oxygens (including phenoxy) is 2. The molecule has 7 nitrogen and oxygen atoms in total. The Labute approximate surface area is 186 Å². The summed E-state index contributed by atoms with van der Waals surface area (Å²) in [5.74, 6) is 0.893. The summed E-state index contributed by atoms with van der Waals surface area (Å²) in [7, 11) is 3.28. The molecule has 0 radical (unpaired) electrons. The summed E-state index contributed by atoms with van der Waals surface area (Å²) in [6, 6.07) is 13.7. The number of rotatable bonds is 9. The molecular weight excluding hydrogens is 418 g/mol. The van der Waals surface area contributed by atoms with E-state index in [1.54, 1.807) is 49.4 Å². The first kappa shape index (κ1) is 22.8. The van der Waals surface area contributed by atoms with Crippen LogP contribution < -0.4 is 10.3 Å². The van der Waals surface area contributed by atoms with Gasteiger partial charge in [-0.3, -0.25) is 14.2 Å². The zero-order valence-electron chi connectivity index (χ0n) is 17.9. The summed E-state index contributed by atoms with van der Waals surface area (Å²) in [6.45, 7) is 2.69. The van der Waals surface area contributed by atoms with E-state index in [0.29, 0.717) is 47.1 Å². The number of nitrogens with zero attached hydrogens (tertiary/aromatic N) is 3. The van der Waals surface area contributed by atoms with Crippen molar-refractivity contribution in [1.82, 2.24) is 14.5 Å². The Morgan fingerprint density at radius 2 is 1.97 bits per heavy atom. The highest BCUT2D eigenvalue weighted by Crippen LogP contribution is 2.22. The predicted octanol–water partition coefficient (Wildman–Crippen LogP) is 3.59. The van der Waals surface area contributed by atoms with Gasteiger partial charge in [0.1, 0.15) is 11.6 Å². The lowest BCUT2D eigenvalue weighted by Gasteiger charge is -2.30. The van der Waals surface area contributed by atoms with Crippen molar-refractivity contribution in [2.45, 2.75) is 19.4 Å². The maximum Gasteiger partial charge on any atom is 0.261 e. The Morgan fingerprint density at radius 1 is 1.23 bits per heavy atom. The van der Waals surface area contributed by atoms with E-state index < -0.39 is 6.04 Å². The number of methoxy groups -OCH3 is 1. The molecule has 8 heteroatoms. The average Bonchev–Trinajstić information content (AvgIpc) is 2.77. The summed E-state index contributed by atoms with van der Waals surface area (Å²) >= 11 is 6.10. The molecule has 1 unspecified atom stereocenters. The predicted molar refractivity (Wildman–Crippen MR) is 121 cm³/mol. The Morgan fingerprint density at radius 3 is 2.68 bits per heavy atom. The van der Waals surface area contributed by atoms with Crippen molar-refractivity contribution >= 4 is 28.4 Å². The molecule has 0 N–H and O–H groups in total. The largest absolute Gasteiger partial charge is 0.484 e. The molecule has 2 aromatic carbocycles. The average molecular weight is 444 g/mol. The van der Waals surface area contributed by atoms with Gasteiger partial charge >= 0.3 is 0 Å². The molecular formula is C23H26ClN3O4. The normalized spacial score (nSPS) is 12.0. The van der Waals surface area contributed by atoms with E-state index in [0.717, 1.165) is 0 Å². The van der Waals surface area contributed by atoms with E-state index in [2.05, 4.69) is 4.98 Å². The van der Waals surface area contributed by atoms with Crippen LogP contribution in [-0.4, -0.2) is 47.2 Å². The zero-order chi connectivity index (χ0) is 22.4. The molecule has 1 aromatic heterocycles. The van der Waals surface area contributed by atoms with Crippen LogP contribution in [0, 0.1) is 0 Å². The van der Waals surface area contributed by atoms with E-state index in [-0.39, 0.29) is 18.1 Å². The van der Waals surface area contributed by atoms with Crippen LogP contribution in [0.25, 0.3) is 10.9 Å². The number of para-hydroxylation sites is 1. The van der Waals surface area contributed by atoms with E-state index in [4.69, 9.17) is 21.1 Å². The van der Waals surface area contributed by atoms with Crippen molar-refractivity contribution in [2.75, 3.05) is 26.9 Å². The molecule has 164 valence electrons. The monoisotopic (exact) mass is 443 g/mol. The van der Waals surface area contributed by atoms with E-state index in [9.17, 15) is 9.59 Å². The van der Waals surface area contributed by atoms with Crippen molar-refractivity contribution in [3.63, 3.8) is 0 Å². The van der Waals surface area contributed by atoms with Crippen LogP contribution in [0.2, 0.25) is 5.02 Å². The molecule has 1 amide bonds. The molecule has 0 aliphatic rings. The first-order valence-corrected chi connectivity index (χ1v) is 10.4. The van der Waals surface area contributed by atoms with Gasteiger partial charge in [-0.2, -0.15) is 0 Å². The second kappa shape index (κ2) is 10.4. The van der Waals surface area contributed by atoms with E-state index in [1.807, 2.05) is 25.1 Å². The van der Waals surface area contributed by atoms with Gasteiger partial charge in [0.15, 0.2) is 6.61 Å². The number of hydrogen-bond acceptors (Lipinski definition) is 5. The standard InChI is InChI=1S/C23H26ClN3O4/c1-16(22-25-20-14-17(24)10-11-19(20)23(29)26(22)2)27(12-7-13-30-3)21(28)15-31-18-8-5-4-6-9-18/h4-6,8-11,14,16H,7,12-13,15H2,1-3H3. The number of hydrogen-bond donors (Lipinski definition) is 0. The fraction of sp³-hybridized carbons (Fsp3) is 0.348. The van der Waals surface area contributed by atoms with Crippen LogP contribution in [0.15, 0.2) is 53.3 Å². The SMILES string of the molecule is COCCCN(C(=O)COc1ccccc1)C(C)c1nc2cc(Cl)ccc2c(=O)n1C. The lowest BCUT2D eigenvalue weighted by atomic mass is 10.2. The Hall–Kier alpha value is -2.90. The summed E-state index contributed by atoms with van der Waals surface area (Å²) in [5.41, 5.74) is 0.315. The Bertz CT molecular complexity index is 1100. The van der Waals surface area contributed by atoms with Crippen LogP contribution in [0.5, 0.6) is 5.75 Å². The summed E-state index contributed by atoms with van der Waals surface area (Å²) in [4.78, 5) is 32.2. The molecule has 0 saturated heterocycles. The molecule has 0 bridgehead atoms. The van der Waals surface area contributed by atoms with E-state index >= 15 is 0 Å². The maximum atomic E-state index is 13.1. The lowest BCUT2D eigenvalue weighted by Crippen LogP contribution is -2.40. The van der Waals surface area contributed by atoms with Crippen molar-refractivity contribution in [2.24, 2.45) is 7.05 Å². The maximum absolute atomic E-state index is 13.1. The molecule has 0 aliphatic heterocycles. The Kier molecular flexibility index (Phi) is 7.65. The van der Waals surface area contributed by atoms with Crippen molar-refractivity contribution in [3.05, 3.63) is 69.7 Å². The number of halogens is 1. The molecule has 3 aromatic rings. The molecule has 3 rings (SSSR count). The minimum absolute atomic E-state index is 0.116. The van der Waals surface area contributed by atoms with Crippen LogP contribution in [0.1, 0.15) is 25.2 Å². The lowest BCUT2D eigenvalue weighted by molar-refractivity contribution is -0.136. The van der Waals surface area contributed by atoms with Gasteiger partial charge in [-0.05, 0) is 43.7 Å². The van der Waals surface area contributed by atoms with Gasteiger partial charge in [-0.15, -0.1) is 0 Å². The third kappa shape index (κ3) is 5.42. The third-order valence-electron chi connectivity index (χ3n) is 5.09. The van der Waals surface area contributed by atoms with Crippen molar-refractivity contribution in [3.8, 4) is 5.75 Å². The molecule has 0 fully saturated rings. The fourth-order valence-corrected chi connectivity index (χ4v) is 3.60. The molecule has 0 saturated carbocycles. The second-order valence-corrected chi connectivity index (χ2v) is 7.64. The number of aromatic nitrogens is 2. The number of benzene rings is 2. The summed E-state index contributed by atoms with van der Waals surface area (Å²) in [6.07, 6.45) is 0.644. The van der Waals surface area contributed by atoms with Gasteiger partial charge in [-0.25, -0.2) is 4.98 Å². The highest BCUT2D eigenvalue weighted by atomic mass is 35.5. The molecule has 1 heterocycles. The van der Waals surface area contributed by atoms with Crippen LogP contribution in [0.3, 0.4) is 0 Å². The first-order chi connectivity index (χ1) is 14.9. The zero-order valence-corrected chi connectivity index (χ0v) is 18.6. The molecule has 31 heavy (non-hydrogen) atoms. The van der Waals surface area contributed by atoms with Gasteiger partial charge in [0.25, 0.3) is 11.5 Å². The highest BCUT2D eigenvalue weighted by Gasteiger charge is 2.25. The van der Waals surface area contributed by atoms with Crippen molar-refractivity contribution < 1.29 is 14.3 Å². The fourth-order valence-electron chi connectivity index (χ4n) is 3.43. The number of carbonyl (C=O) groups excluding carboxylic acids is 1. The molecule has 1 atom stereocenters. The topological polar surface area (TPSA) is 73.7 Å². The first-order valence-electron chi connectivity index (χ1n) is 10.0. The van der Waals surface area contributed by atoms with Crippen LogP contribution >= 0.6 is 11.6 Å². The van der Waals surface area contributed by atoms with Gasteiger partial charge < -0.3 is 14.4 Å². The minimum atomic E-state index is -0.454. The molecule has 0 spiro atoms. The summed E-state index contributed by atoms with van der Waals surface area (Å²) < 4.78 is 12.3. The van der Waals surface area contributed by atoms with Crippen LogP contribution in [-0.2, 0) is 16.6 Å². The van der Waals surface area contributed by atoms with Crippen LogP contribution in [0.4, 0.5) is 0 Å². The van der Waals surface area contributed by atoms with Gasteiger partial charge in [0, 0.05) is 32.3 Å². The van der Waals surface area contributed by atoms with Crippen molar-refractivity contribution in [1.29, 1.82) is 0 Å².